The van der Waals surface area contributed by atoms with E-state index in [1.807, 2.05) is 0 Å². The van der Waals surface area contributed by atoms with Crippen molar-refractivity contribution in [3.05, 3.63) is 0 Å². The molecule has 0 saturated carbocycles. The maximum atomic E-state index is 10.1. The van der Waals surface area contributed by atoms with E-state index in [4.69, 9.17) is 59.3 Å². The van der Waals surface area contributed by atoms with E-state index in [9.17, 15) is 24.0 Å². The number of unbranched alkanes of at least 4 members (excludes halogenated alkanes) is 2. The lowest BCUT2D eigenvalue weighted by atomic mass is 10.1. The Morgan fingerprint density at radius 2 is 0.757 bits per heavy atom. The van der Waals surface area contributed by atoms with Crippen LogP contribution in [0.3, 0.4) is 0 Å². The predicted molar refractivity (Wildman–Crippen MR) is 133 cm³/mol. The summed E-state index contributed by atoms with van der Waals surface area (Å²) < 4.78 is 0. The van der Waals surface area contributed by atoms with Gasteiger partial charge in [0.05, 0.1) is 19.7 Å². The van der Waals surface area contributed by atoms with Crippen molar-refractivity contribution in [3.63, 3.8) is 0 Å². The fraction of sp³-hybridized carbons (Fsp3) is 0.737. The molecular formula is C19H45N7O11. The summed E-state index contributed by atoms with van der Waals surface area (Å²) in [5.74, 6) is -4.98. The van der Waals surface area contributed by atoms with Crippen LogP contribution < -0.4 is 40.1 Å². The van der Waals surface area contributed by atoms with Crippen molar-refractivity contribution in [1.82, 2.24) is 0 Å². The summed E-state index contributed by atoms with van der Waals surface area (Å²) in [6.45, 7) is 0.147. The molecule has 18 heteroatoms. The van der Waals surface area contributed by atoms with Crippen molar-refractivity contribution < 1.29 is 54.6 Å². The minimum absolute atomic E-state index is 0.278. The second kappa shape index (κ2) is 33.0. The van der Waals surface area contributed by atoms with Crippen LogP contribution in [-0.2, 0) is 24.0 Å². The first-order chi connectivity index (χ1) is 17.1. The molecule has 37 heavy (non-hydrogen) atoms. The molecule has 3 atom stereocenters. The second-order valence-corrected chi connectivity index (χ2v) is 6.78. The van der Waals surface area contributed by atoms with Gasteiger partial charge in [0, 0.05) is 0 Å². The van der Waals surface area contributed by atoms with Crippen LogP contribution in [0.1, 0.15) is 38.5 Å². The molecule has 18 nitrogen and oxygen atoms in total. The van der Waals surface area contributed by atoms with E-state index in [1.54, 1.807) is 0 Å². The Balaban J connectivity index is -0.000000119. The van der Waals surface area contributed by atoms with Crippen LogP contribution in [0.4, 0.5) is 0 Å². The first-order valence-electron chi connectivity index (χ1n) is 10.9. The fourth-order valence-corrected chi connectivity index (χ4v) is 1.34. The predicted octanol–water partition coefficient (Wildman–Crippen LogP) is -4.50. The van der Waals surface area contributed by atoms with Crippen LogP contribution in [0, 0.1) is 0 Å². The van der Waals surface area contributed by atoms with Gasteiger partial charge in [-0.2, -0.15) is 0 Å². The molecular weight excluding hydrogens is 502 g/mol. The minimum atomic E-state index is -1.18. The Labute approximate surface area is 214 Å². The van der Waals surface area contributed by atoms with Gasteiger partial charge in [-0.25, -0.2) is 0 Å². The molecule has 0 aromatic heterocycles. The maximum absolute atomic E-state index is 10.1. The standard InChI is InChI=1S/2C6H14N2O2.C3H7NO3.2C2H5NO2/c2*7-4-2-1-3-5(8)6(9)10;4-2(1-5)3(6)7;2*3-1-2(4)5/h2*5H,1-4,7-8H2,(H,9,10);2,5H,1,4H2,(H,6,7);2*1,3H2,(H,4,5). The monoisotopic (exact) mass is 547 g/mol. The van der Waals surface area contributed by atoms with E-state index in [0.29, 0.717) is 25.9 Å². The summed E-state index contributed by atoms with van der Waals surface area (Å²) in [6, 6.07) is -2.56. The van der Waals surface area contributed by atoms with Crippen molar-refractivity contribution in [3.8, 4) is 0 Å². The van der Waals surface area contributed by atoms with Crippen LogP contribution in [0.15, 0.2) is 0 Å². The van der Waals surface area contributed by atoms with E-state index in [2.05, 4.69) is 11.5 Å². The van der Waals surface area contributed by atoms with Gasteiger partial charge in [-0.3, -0.25) is 24.0 Å². The summed E-state index contributed by atoms with van der Waals surface area (Å²) in [5.41, 5.74) is 34.7. The maximum Gasteiger partial charge on any atom is 0.322 e. The number of aliphatic carboxylic acids is 5. The number of nitrogens with two attached hydrogens (primary N) is 7. The third kappa shape index (κ3) is 50.8. The lowest BCUT2D eigenvalue weighted by Gasteiger charge is -2.03. The summed E-state index contributed by atoms with van der Waals surface area (Å²) in [5, 5.41) is 47.7. The van der Waals surface area contributed by atoms with Gasteiger partial charge in [-0.1, -0.05) is 12.8 Å². The lowest BCUT2D eigenvalue weighted by molar-refractivity contribution is -0.140. The molecule has 0 rings (SSSR count). The normalized spacial score (nSPS) is 11.6. The summed E-state index contributed by atoms with van der Waals surface area (Å²) >= 11 is 0. The number of carboxylic acid groups (broad SMARTS) is 5. The molecule has 0 radical (unpaired) electrons. The third-order valence-electron chi connectivity index (χ3n) is 3.44. The molecule has 0 heterocycles. The average Bonchev–Trinajstić information content (AvgIpc) is 2.84. The van der Waals surface area contributed by atoms with Crippen LogP contribution in [-0.4, -0.2) is 111 Å². The van der Waals surface area contributed by atoms with Crippen molar-refractivity contribution in [2.75, 3.05) is 32.8 Å². The zero-order chi connectivity index (χ0) is 30.4. The highest BCUT2D eigenvalue weighted by Crippen LogP contribution is 1.97. The summed E-state index contributed by atoms with van der Waals surface area (Å²) in [6.07, 6.45) is 4.33. The van der Waals surface area contributed by atoms with Crippen LogP contribution >= 0.6 is 0 Å². The quantitative estimate of drug-likeness (QED) is 0.0910. The third-order valence-corrected chi connectivity index (χ3v) is 3.44. The van der Waals surface area contributed by atoms with Crippen LogP contribution in [0.2, 0.25) is 0 Å². The Morgan fingerprint density at radius 3 is 0.865 bits per heavy atom. The number of hydrogen-bond acceptors (Lipinski definition) is 13. The highest BCUT2D eigenvalue weighted by Gasteiger charge is 2.10. The number of carboxylic acids is 5. The van der Waals surface area contributed by atoms with Gasteiger partial charge in [-0.05, 0) is 38.8 Å². The van der Waals surface area contributed by atoms with E-state index in [1.165, 1.54) is 0 Å². The molecule has 3 unspecified atom stereocenters. The number of carbonyl (C=O) groups is 5. The van der Waals surface area contributed by atoms with E-state index < -0.39 is 54.6 Å². The number of aliphatic hydroxyl groups is 1. The van der Waals surface area contributed by atoms with Gasteiger partial charge in [0.2, 0.25) is 0 Å². The molecule has 0 fully saturated rings. The Morgan fingerprint density at radius 1 is 0.514 bits per heavy atom. The molecule has 222 valence electrons. The van der Waals surface area contributed by atoms with Crippen LogP contribution in [0.25, 0.3) is 0 Å². The van der Waals surface area contributed by atoms with Gasteiger partial charge in [-0.15, -0.1) is 0 Å². The Hall–Kier alpha value is -2.97. The SMILES string of the molecule is NC(CO)C(=O)O.NCC(=O)O.NCC(=O)O.NCCCCC(N)C(=O)O.NCCCCC(N)C(=O)O. The van der Waals surface area contributed by atoms with E-state index >= 15 is 0 Å². The highest BCUT2D eigenvalue weighted by molar-refractivity contribution is 5.73. The van der Waals surface area contributed by atoms with Crippen molar-refractivity contribution in [2.45, 2.75) is 56.7 Å². The van der Waals surface area contributed by atoms with Gasteiger partial charge in [0.1, 0.15) is 18.1 Å². The zero-order valence-electron chi connectivity index (χ0n) is 20.8. The summed E-state index contributed by atoms with van der Waals surface area (Å²) in [4.78, 5) is 48.4. The van der Waals surface area contributed by atoms with Gasteiger partial charge in [0.15, 0.2) is 0 Å². The van der Waals surface area contributed by atoms with Crippen molar-refractivity contribution in [2.24, 2.45) is 40.1 Å². The van der Waals surface area contributed by atoms with Gasteiger partial charge in [0.25, 0.3) is 0 Å². The first kappa shape index (κ1) is 44.1. The molecule has 0 saturated heterocycles. The Bertz CT molecular complexity index is 559. The average molecular weight is 548 g/mol. The second-order valence-electron chi connectivity index (χ2n) is 6.78. The van der Waals surface area contributed by atoms with E-state index in [-0.39, 0.29) is 13.1 Å². The summed E-state index contributed by atoms with van der Waals surface area (Å²) in [7, 11) is 0. The number of rotatable bonds is 14. The smallest absolute Gasteiger partial charge is 0.322 e. The van der Waals surface area contributed by atoms with Crippen molar-refractivity contribution >= 4 is 29.8 Å². The van der Waals surface area contributed by atoms with Gasteiger partial charge >= 0.3 is 29.8 Å². The minimum Gasteiger partial charge on any atom is -0.480 e. The fourth-order valence-electron chi connectivity index (χ4n) is 1.34. The molecule has 0 amide bonds. The molecule has 0 spiro atoms. The van der Waals surface area contributed by atoms with Gasteiger partial charge < -0.3 is 70.8 Å². The molecule has 20 N–H and O–H groups in total. The lowest BCUT2D eigenvalue weighted by Crippen LogP contribution is -2.33. The van der Waals surface area contributed by atoms with Crippen molar-refractivity contribution in [1.29, 1.82) is 0 Å². The molecule has 0 aliphatic rings. The zero-order valence-corrected chi connectivity index (χ0v) is 20.8. The molecule has 0 aromatic rings. The topological polar surface area (TPSA) is 389 Å². The molecule has 0 aliphatic carbocycles. The Kier molecular flexibility index (Phi) is 39.3. The number of hydrogen-bond donors (Lipinski definition) is 13. The highest BCUT2D eigenvalue weighted by atomic mass is 16.4. The van der Waals surface area contributed by atoms with E-state index in [0.717, 1.165) is 25.7 Å². The van der Waals surface area contributed by atoms with Crippen LogP contribution in [0.5, 0.6) is 0 Å². The first-order valence-corrected chi connectivity index (χ1v) is 10.9. The largest absolute Gasteiger partial charge is 0.480 e. The number of aliphatic hydroxyl groups excluding tert-OH is 1. The molecule has 0 bridgehead atoms. The molecule has 0 aliphatic heterocycles. The molecule has 0 aromatic carbocycles.